The van der Waals surface area contributed by atoms with E-state index >= 15 is 0 Å². The SMILES string of the molecule is Cc1ccc(CSc2nc(CC(=O)Nc3ccc(Br)cc3)cs2)cc1. The van der Waals surface area contributed by atoms with Crippen LogP contribution in [0.3, 0.4) is 0 Å². The molecule has 3 aromatic rings. The average Bonchev–Trinajstić information content (AvgIpc) is 3.04. The highest BCUT2D eigenvalue weighted by atomic mass is 79.9. The van der Waals surface area contributed by atoms with Gasteiger partial charge in [0.2, 0.25) is 5.91 Å². The molecule has 0 aliphatic rings. The van der Waals surface area contributed by atoms with Crippen molar-refractivity contribution in [1.82, 2.24) is 4.98 Å². The summed E-state index contributed by atoms with van der Waals surface area (Å²) < 4.78 is 1.98. The van der Waals surface area contributed by atoms with E-state index in [0.717, 1.165) is 25.9 Å². The summed E-state index contributed by atoms with van der Waals surface area (Å²) >= 11 is 6.67. The maximum absolute atomic E-state index is 12.1. The Balaban J connectivity index is 1.51. The number of thiazole rings is 1. The Bertz CT molecular complexity index is 845. The molecule has 1 amide bonds. The van der Waals surface area contributed by atoms with Gasteiger partial charge in [-0.3, -0.25) is 4.79 Å². The monoisotopic (exact) mass is 432 g/mol. The number of nitrogens with one attached hydrogen (secondary N) is 1. The van der Waals surface area contributed by atoms with E-state index in [4.69, 9.17) is 0 Å². The highest BCUT2D eigenvalue weighted by Crippen LogP contribution is 2.26. The third-order valence-corrected chi connectivity index (χ3v) is 6.15. The van der Waals surface area contributed by atoms with Gasteiger partial charge in [0.05, 0.1) is 12.1 Å². The van der Waals surface area contributed by atoms with Crippen molar-refractivity contribution in [3.63, 3.8) is 0 Å². The van der Waals surface area contributed by atoms with Gasteiger partial charge < -0.3 is 5.32 Å². The Morgan fingerprint density at radius 3 is 2.60 bits per heavy atom. The van der Waals surface area contributed by atoms with Crippen LogP contribution in [0.25, 0.3) is 0 Å². The van der Waals surface area contributed by atoms with E-state index in [1.807, 2.05) is 29.6 Å². The topological polar surface area (TPSA) is 42.0 Å². The van der Waals surface area contributed by atoms with Gasteiger partial charge in [0.25, 0.3) is 0 Å². The maximum atomic E-state index is 12.1. The van der Waals surface area contributed by atoms with Crippen LogP contribution in [0.4, 0.5) is 5.69 Å². The molecule has 3 rings (SSSR count). The van der Waals surface area contributed by atoms with E-state index in [1.165, 1.54) is 11.1 Å². The van der Waals surface area contributed by atoms with E-state index in [-0.39, 0.29) is 12.3 Å². The van der Waals surface area contributed by atoms with E-state index in [1.54, 1.807) is 23.1 Å². The van der Waals surface area contributed by atoms with Crippen molar-refractivity contribution >= 4 is 50.6 Å². The van der Waals surface area contributed by atoms with Gasteiger partial charge in [0.1, 0.15) is 4.34 Å². The molecule has 0 radical (unpaired) electrons. The number of hydrogen-bond acceptors (Lipinski definition) is 4. The molecule has 0 fully saturated rings. The van der Waals surface area contributed by atoms with Gasteiger partial charge in [-0.15, -0.1) is 11.3 Å². The molecule has 3 nitrogen and oxygen atoms in total. The molecule has 25 heavy (non-hydrogen) atoms. The van der Waals surface area contributed by atoms with Crippen molar-refractivity contribution in [3.8, 4) is 0 Å². The largest absolute Gasteiger partial charge is 0.326 e. The number of aromatic nitrogens is 1. The van der Waals surface area contributed by atoms with Crippen LogP contribution in [0, 0.1) is 6.92 Å². The lowest BCUT2D eigenvalue weighted by molar-refractivity contribution is -0.115. The zero-order chi connectivity index (χ0) is 17.6. The smallest absolute Gasteiger partial charge is 0.230 e. The fourth-order valence-electron chi connectivity index (χ4n) is 2.17. The zero-order valence-electron chi connectivity index (χ0n) is 13.7. The van der Waals surface area contributed by atoms with E-state index in [0.29, 0.717) is 0 Å². The predicted molar refractivity (Wildman–Crippen MR) is 109 cm³/mol. The molecule has 0 spiro atoms. The second-order valence-electron chi connectivity index (χ2n) is 5.61. The number of carbonyl (C=O) groups excluding carboxylic acids is 1. The van der Waals surface area contributed by atoms with Crippen molar-refractivity contribution in [3.05, 3.63) is 75.2 Å². The molecule has 1 N–H and O–H groups in total. The molecule has 0 bridgehead atoms. The summed E-state index contributed by atoms with van der Waals surface area (Å²) in [7, 11) is 0. The summed E-state index contributed by atoms with van der Waals surface area (Å²) in [6, 6.07) is 16.1. The standard InChI is InChI=1S/C19H17BrN2OS2/c1-13-2-4-14(5-3-13)11-24-19-22-17(12-25-19)10-18(23)21-16-8-6-15(20)7-9-16/h2-9,12H,10-11H2,1H3,(H,21,23). The van der Waals surface area contributed by atoms with Gasteiger partial charge in [-0.25, -0.2) is 4.98 Å². The van der Waals surface area contributed by atoms with Crippen LogP contribution < -0.4 is 5.32 Å². The first-order chi connectivity index (χ1) is 12.1. The van der Waals surface area contributed by atoms with Gasteiger partial charge in [-0.05, 0) is 36.8 Å². The van der Waals surface area contributed by atoms with Crippen molar-refractivity contribution in [2.75, 3.05) is 5.32 Å². The number of benzene rings is 2. The number of aryl methyl sites for hydroxylation is 1. The highest BCUT2D eigenvalue weighted by molar-refractivity contribution is 9.10. The summed E-state index contributed by atoms with van der Waals surface area (Å²) in [6.07, 6.45) is 0.289. The quantitative estimate of drug-likeness (QED) is 0.508. The highest BCUT2D eigenvalue weighted by Gasteiger charge is 2.09. The summed E-state index contributed by atoms with van der Waals surface area (Å²) in [5, 5.41) is 4.85. The Morgan fingerprint density at radius 1 is 1.16 bits per heavy atom. The fourth-order valence-corrected chi connectivity index (χ4v) is 4.23. The summed E-state index contributed by atoms with van der Waals surface area (Å²) in [6.45, 7) is 2.09. The normalized spacial score (nSPS) is 10.6. The first-order valence-electron chi connectivity index (χ1n) is 7.77. The number of anilines is 1. The molecule has 0 unspecified atom stereocenters. The average molecular weight is 433 g/mol. The third-order valence-electron chi connectivity index (χ3n) is 3.48. The Morgan fingerprint density at radius 2 is 1.88 bits per heavy atom. The maximum Gasteiger partial charge on any atom is 0.230 e. The Labute approximate surface area is 164 Å². The molecule has 0 saturated carbocycles. The summed E-state index contributed by atoms with van der Waals surface area (Å²) in [5.74, 6) is 0.834. The van der Waals surface area contributed by atoms with Crippen LogP contribution in [-0.2, 0) is 17.0 Å². The van der Waals surface area contributed by atoms with Crippen molar-refractivity contribution < 1.29 is 4.79 Å². The van der Waals surface area contributed by atoms with E-state index in [9.17, 15) is 4.79 Å². The van der Waals surface area contributed by atoms with Gasteiger partial charge in [0, 0.05) is 21.3 Å². The molecule has 128 valence electrons. The number of thioether (sulfide) groups is 1. The van der Waals surface area contributed by atoms with Crippen LogP contribution in [0.15, 0.2) is 62.7 Å². The minimum Gasteiger partial charge on any atom is -0.326 e. The number of rotatable bonds is 6. The van der Waals surface area contributed by atoms with Gasteiger partial charge >= 0.3 is 0 Å². The van der Waals surface area contributed by atoms with Gasteiger partial charge in [-0.2, -0.15) is 0 Å². The Kier molecular flexibility index (Phi) is 6.29. The molecular formula is C19H17BrN2OS2. The zero-order valence-corrected chi connectivity index (χ0v) is 16.9. The molecule has 2 aromatic carbocycles. The lowest BCUT2D eigenvalue weighted by Gasteiger charge is -2.03. The van der Waals surface area contributed by atoms with E-state index in [2.05, 4.69) is 57.4 Å². The van der Waals surface area contributed by atoms with Crippen molar-refractivity contribution in [2.45, 2.75) is 23.4 Å². The number of nitrogens with zero attached hydrogens (tertiary/aromatic N) is 1. The molecule has 0 atom stereocenters. The third kappa shape index (κ3) is 5.70. The number of halogens is 1. The number of hydrogen-bond donors (Lipinski definition) is 1. The second kappa shape index (κ2) is 8.65. The molecule has 0 aliphatic heterocycles. The molecule has 0 aliphatic carbocycles. The molecule has 6 heteroatoms. The first kappa shape index (κ1) is 18.2. The number of carbonyl (C=O) groups is 1. The van der Waals surface area contributed by atoms with E-state index < -0.39 is 0 Å². The van der Waals surface area contributed by atoms with Gasteiger partial charge in [-0.1, -0.05) is 57.5 Å². The Hall–Kier alpha value is -1.63. The van der Waals surface area contributed by atoms with Crippen molar-refractivity contribution in [2.24, 2.45) is 0 Å². The van der Waals surface area contributed by atoms with Gasteiger partial charge in [0.15, 0.2) is 0 Å². The molecule has 0 saturated heterocycles. The minimum atomic E-state index is -0.0530. The minimum absolute atomic E-state index is 0.0530. The molecule has 1 heterocycles. The second-order valence-corrected chi connectivity index (χ2v) is 8.61. The number of amides is 1. The molecule has 1 aromatic heterocycles. The van der Waals surface area contributed by atoms with Crippen LogP contribution in [0.2, 0.25) is 0 Å². The van der Waals surface area contributed by atoms with Crippen LogP contribution in [0.1, 0.15) is 16.8 Å². The van der Waals surface area contributed by atoms with Crippen molar-refractivity contribution in [1.29, 1.82) is 0 Å². The predicted octanol–water partition coefficient (Wildman–Crippen LogP) is 5.69. The summed E-state index contributed by atoms with van der Waals surface area (Å²) in [5.41, 5.74) is 4.14. The fraction of sp³-hybridized carbons (Fsp3) is 0.158. The summed E-state index contributed by atoms with van der Waals surface area (Å²) in [4.78, 5) is 16.7. The van der Waals surface area contributed by atoms with Crippen LogP contribution in [-0.4, -0.2) is 10.9 Å². The first-order valence-corrected chi connectivity index (χ1v) is 10.4. The van der Waals surface area contributed by atoms with Crippen LogP contribution >= 0.6 is 39.0 Å². The lowest BCUT2D eigenvalue weighted by Crippen LogP contribution is -2.14. The van der Waals surface area contributed by atoms with Crippen LogP contribution in [0.5, 0.6) is 0 Å². The molecular weight excluding hydrogens is 416 g/mol. The lowest BCUT2D eigenvalue weighted by atomic mass is 10.2.